The Morgan fingerprint density at radius 3 is 2.70 bits per heavy atom. The summed E-state index contributed by atoms with van der Waals surface area (Å²) in [5.74, 6) is -2.26. The van der Waals surface area contributed by atoms with Crippen molar-refractivity contribution >= 4 is 28.7 Å². The molecule has 23 heavy (non-hydrogen) atoms. The molecule has 0 aliphatic heterocycles. The molecule has 1 heterocycles. The number of fused-ring (bicyclic) bond motifs is 1. The Labute approximate surface area is 132 Å². The fourth-order valence-corrected chi connectivity index (χ4v) is 2.15. The number of pyridine rings is 1. The molecule has 2 rings (SSSR count). The zero-order valence-corrected chi connectivity index (χ0v) is 12.5. The summed E-state index contributed by atoms with van der Waals surface area (Å²) in [5, 5.41) is 12.2. The number of benzene rings is 1. The maximum absolute atomic E-state index is 12.4. The van der Waals surface area contributed by atoms with E-state index in [-0.39, 0.29) is 12.8 Å². The summed E-state index contributed by atoms with van der Waals surface area (Å²) in [7, 11) is 1.22. The van der Waals surface area contributed by atoms with Crippen LogP contribution in [-0.2, 0) is 14.3 Å². The van der Waals surface area contributed by atoms with Crippen LogP contribution in [0.3, 0.4) is 0 Å². The number of nitrogens with zero attached hydrogens (tertiary/aromatic N) is 1. The van der Waals surface area contributed by atoms with Crippen LogP contribution in [0.15, 0.2) is 36.5 Å². The van der Waals surface area contributed by atoms with Crippen LogP contribution >= 0.6 is 0 Å². The Bertz CT molecular complexity index is 739. The first kappa shape index (κ1) is 16.4. The molecule has 0 radical (unpaired) electrons. The van der Waals surface area contributed by atoms with Crippen LogP contribution in [0.4, 0.5) is 0 Å². The maximum Gasteiger partial charge on any atom is 0.326 e. The summed E-state index contributed by atoms with van der Waals surface area (Å²) < 4.78 is 4.47. The number of methoxy groups -OCH3 is 1. The number of rotatable bonds is 6. The van der Waals surface area contributed by atoms with Crippen LogP contribution in [-0.4, -0.2) is 41.1 Å². The van der Waals surface area contributed by atoms with E-state index in [0.717, 1.165) is 0 Å². The van der Waals surface area contributed by atoms with Gasteiger partial charge in [-0.15, -0.1) is 0 Å². The number of ether oxygens (including phenoxy) is 1. The number of amides is 1. The van der Waals surface area contributed by atoms with Gasteiger partial charge in [-0.1, -0.05) is 18.2 Å². The van der Waals surface area contributed by atoms with E-state index in [1.54, 1.807) is 24.3 Å². The van der Waals surface area contributed by atoms with Gasteiger partial charge in [-0.2, -0.15) is 0 Å². The predicted molar refractivity (Wildman–Crippen MR) is 81.9 cm³/mol. The third-order valence-corrected chi connectivity index (χ3v) is 3.36. The summed E-state index contributed by atoms with van der Waals surface area (Å²) >= 11 is 0. The van der Waals surface area contributed by atoms with E-state index in [0.29, 0.717) is 16.5 Å². The summed E-state index contributed by atoms with van der Waals surface area (Å²) in [5.41, 5.74) is 0.974. The highest BCUT2D eigenvalue weighted by molar-refractivity contribution is 6.06. The Kier molecular flexibility index (Phi) is 5.24. The number of nitrogens with one attached hydrogen (secondary N) is 1. The molecule has 0 aliphatic rings. The molecule has 120 valence electrons. The van der Waals surface area contributed by atoms with Crippen LogP contribution in [0, 0.1) is 0 Å². The SMILES string of the molecule is COC(=O)CC[C@@H](NC(=O)c1ccnc2ccccc12)C(=O)O. The van der Waals surface area contributed by atoms with Gasteiger partial charge in [0.1, 0.15) is 6.04 Å². The van der Waals surface area contributed by atoms with Crippen LogP contribution in [0.25, 0.3) is 10.9 Å². The summed E-state index contributed by atoms with van der Waals surface area (Å²) in [6, 6.07) is 7.42. The lowest BCUT2D eigenvalue weighted by Gasteiger charge is -2.14. The van der Waals surface area contributed by atoms with Crippen molar-refractivity contribution in [3.05, 3.63) is 42.1 Å². The van der Waals surface area contributed by atoms with Gasteiger partial charge in [0.15, 0.2) is 0 Å². The van der Waals surface area contributed by atoms with E-state index < -0.39 is 23.9 Å². The van der Waals surface area contributed by atoms with Gasteiger partial charge in [-0.25, -0.2) is 4.79 Å². The average Bonchev–Trinajstić information content (AvgIpc) is 2.57. The highest BCUT2D eigenvalue weighted by Crippen LogP contribution is 2.16. The second-order valence-corrected chi connectivity index (χ2v) is 4.85. The number of aliphatic carboxylic acids is 1. The smallest absolute Gasteiger partial charge is 0.326 e. The second kappa shape index (κ2) is 7.35. The van der Waals surface area contributed by atoms with Crippen molar-refractivity contribution in [2.24, 2.45) is 0 Å². The molecule has 0 saturated heterocycles. The monoisotopic (exact) mass is 316 g/mol. The molecule has 0 spiro atoms. The molecule has 2 aromatic rings. The molecule has 0 unspecified atom stereocenters. The first-order chi connectivity index (χ1) is 11.0. The third kappa shape index (κ3) is 4.03. The van der Waals surface area contributed by atoms with E-state index in [9.17, 15) is 19.5 Å². The number of hydrogen-bond donors (Lipinski definition) is 2. The number of carboxylic acids is 1. The van der Waals surface area contributed by atoms with Crippen molar-refractivity contribution in [3.8, 4) is 0 Å². The van der Waals surface area contributed by atoms with Gasteiger partial charge in [-0.3, -0.25) is 14.6 Å². The molecule has 0 bridgehead atoms. The Balaban J connectivity index is 2.17. The van der Waals surface area contributed by atoms with E-state index in [4.69, 9.17) is 0 Å². The summed E-state index contributed by atoms with van der Waals surface area (Å²) in [6.45, 7) is 0. The third-order valence-electron chi connectivity index (χ3n) is 3.36. The number of carboxylic acid groups (broad SMARTS) is 1. The highest BCUT2D eigenvalue weighted by Gasteiger charge is 2.22. The van der Waals surface area contributed by atoms with Gasteiger partial charge < -0.3 is 15.2 Å². The highest BCUT2D eigenvalue weighted by atomic mass is 16.5. The predicted octanol–water partition coefficient (Wildman–Crippen LogP) is 1.37. The summed E-state index contributed by atoms with van der Waals surface area (Å²) in [6.07, 6.45) is 1.35. The number of carbonyl (C=O) groups is 3. The van der Waals surface area contributed by atoms with Crippen molar-refractivity contribution in [1.29, 1.82) is 0 Å². The Morgan fingerprint density at radius 2 is 2.00 bits per heavy atom. The van der Waals surface area contributed by atoms with Gasteiger partial charge in [0, 0.05) is 18.0 Å². The minimum atomic E-state index is -1.21. The molecule has 1 aromatic heterocycles. The molecule has 2 N–H and O–H groups in total. The molecule has 1 aromatic carbocycles. The molecule has 0 aliphatic carbocycles. The van der Waals surface area contributed by atoms with E-state index in [2.05, 4.69) is 15.0 Å². The van der Waals surface area contributed by atoms with Crippen molar-refractivity contribution < 1.29 is 24.2 Å². The number of esters is 1. The number of aromatic nitrogens is 1. The first-order valence-corrected chi connectivity index (χ1v) is 6.97. The first-order valence-electron chi connectivity index (χ1n) is 6.97. The maximum atomic E-state index is 12.4. The lowest BCUT2D eigenvalue weighted by molar-refractivity contribution is -0.142. The minimum absolute atomic E-state index is 0.0449. The molecule has 0 saturated carbocycles. The number of carbonyl (C=O) groups excluding carboxylic acids is 2. The van der Waals surface area contributed by atoms with Gasteiger partial charge in [-0.05, 0) is 18.6 Å². The largest absolute Gasteiger partial charge is 0.480 e. The fraction of sp³-hybridized carbons (Fsp3) is 0.250. The molecule has 0 fully saturated rings. The molecular weight excluding hydrogens is 300 g/mol. The minimum Gasteiger partial charge on any atom is -0.480 e. The average molecular weight is 316 g/mol. The normalized spacial score (nSPS) is 11.7. The lowest BCUT2D eigenvalue weighted by Crippen LogP contribution is -2.41. The van der Waals surface area contributed by atoms with Crippen LogP contribution in [0.1, 0.15) is 23.2 Å². The number of para-hydroxylation sites is 1. The molecular formula is C16H16N2O5. The van der Waals surface area contributed by atoms with Gasteiger partial charge in [0.05, 0.1) is 18.2 Å². The zero-order valence-electron chi connectivity index (χ0n) is 12.5. The standard InChI is InChI=1S/C16H16N2O5/c1-23-14(19)7-6-13(16(21)22)18-15(20)11-8-9-17-12-5-3-2-4-10(11)12/h2-5,8-9,13H,6-7H2,1H3,(H,18,20)(H,21,22)/t13-/m1/s1. The Morgan fingerprint density at radius 1 is 1.26 bits per heavy atom. The molecule has 7 nitrogen and oxygen atoms in total. The van der Waals surface area contributed by atoms with Crippen molar-refractivity contribution in [3.63, 3.8) is 0 Å². The zero-order chi connectivity index (χ0) is 16.8. The van der Waals surface area contributed by atoms with Gasteiger partial charge in [0.2, 0.25) is 0 Å². The lowest BCUT2D eigenvalue weighted by atomic mass is 10.1. The van der Waals surface area contributed by atoms with E-state index in [1.165, 1.54) is 19.4 Å². The fourth-order valence-electron chi connectivity index (χ4n) is 2.15. The van der Waals surface area contributed by atoms with Crippen LogP contribution in [0.5, 0.6) is 0 Å². The quantitative estimate of drug-likeness (QED) is 0.780. The van der Waals surface area contributed by atoms with Crippen molar-refractivity contribution in [2.45, 2.75) is 18.9 Å². The number of hydrogen-bond acceptors (Lipinski definition) is 5. The van der Waals surface area contributed by atoms with Gasteiger partial charge in [0.25, 0.3) is 5.91 Å². The van der Waals surface area contributed by atoms with Crippen molar-refractivity contribution in [2.75, 3.05) is 7.11 Å². The van der Waals surface area contributed by atoms with E-state index in [1.807, 2.05) is 0 Å². The van der Waals surface area contributed by atoms with Gasteiger partial charge >= 0.3 is 11.9 Å². The van der Waals surface area contributed by atoms with Crippen LogP contribution in [0.2, 0.25) is 0 Å². The van der Waals surface area contributed by atoms with E-state index >= 15 is 0 Å². The second-order valence-electron chi connectivity index (χ2n) is 4.85. The van der Waals surface area contributed by atoms with Crippen molar-refractivity contribution in [1.82, 2.24) is 10.3 Å². The van der Waals surface area contributed by atoms with Crippen LogP contribution < -0.4 is 5.32 Å². The summed E-state index contributed by atoms with van der Waals surface area (Å²) in [4.78, 5) is 38.9. The molecule has 1 amide bonds. The molecule has 7 heteroatoms. The Hall–Kier alpha value is -2.96. The molecule has 1 atom stereocenters. The topological polar surface area (TPSA) is 106 Å².